The Labute approximate surface area is 282 Å². The van der Waals surface area contributed by atoms with Crippen molar-refractivity contribution in [1.29, 1.82) is 0 Å². The third-order valence-electron chi connectivity index (χ3n) is 7.09. The Morgan fingerprint density at radius 1 is 0.708 bits per heavy atom. The van der Waals surface area contributed by atoms with Crippen LogP contribution >= 0.6 is 11.8 Å². The predicted octanol–water partition coefficient (Wildman–Crippen LogP) is 6.68. The van der Waals surface area contributed by atoms with Gasteiger partial charge in [0.2, 0.25) is 11.8 Å². The molecule has 0 heterocycles. The summed E-state index contributed by atoms with van der Waals surface area (Å²) in [6.07, 6.45) is 1.55. The molecule has 0 saturated carbocycles. The first-order valence-electron chi connectivity index (χ1n) is 14.9. The molecule has 0 aliphatic rings. The lowest BCUT2D eigenvalue weighted by molar-refractivity contribution is -0.116. The summed E-state index contributed by atoms with van der Waals surface area (Å²) in [5, 5.41) is 7.88. The van der Waals surface area contributed by atoms with E-state index in [1.54, 1.807) is 97.1 Å². The van der Waals surface area contributed by atoms with Crippen molar-refractivity contribution < 1.29 is 23.9 Å². The van der Waals surface area contributed by atoms with Crippen LogP contribution in [0, 0.1) is 0 Å². The average Bonchev–Trinajstić information content (AvgIpc) is 3.11. The number of ether oxygens (including phenoxy) is 1. The summed E-state index contributed by atoms with van der Waals surface area (Å²) in [6.45, 7) is 0. The zero-order chi connectivity index (χ0) is 33.9. The van der Waals surface area contributed by atoms with Crippen molar-refractivity contribution in [3.05, 3.63) is 161 Å². The van der Waals surface area contributed by atoms with E-state index in [9.17, 15) is 19.2 Å². The quantitative estimate of drug-likeness (QED) is 0.0873. The lowest BCUT2D eigenvalue weighted by Crippen LogP contribution is -2.30. The molecule has 1 atom stereocenters. The average molecular weight is 657 g/mol. The van der Waals surface area contributed by atoms with Gasteiger partial charge in [-0.2, -0.15) is 0 Å². The Morgan fingerprint density at radius 3 is 2.06 bits per heavy atom. The van der Waals surface area contributed by atoms with Crippen LogP contribution in [0.2, 0.25) is 0 Å². The molecule has 0 aromatic heterocycles. The maximum absolute atomic E-state index is 13.7. The molecule has 0 fully saturated rings. The highest BCUT2D eigenvalue weighted by molar-refractivity contribution is 8.00. The number of carbonyl (C=O) groups is 4. The molecule has 4 amide bonds. The highest BCUT2D eigenvalue weighted by Crippen LogP contribution is 2.37. The van der Waals surface area contributed by atoms with Gasteiger partial charge in [0, 0.05) is 33.0 Å². The maximum Gasteiger partial charge on any atom is 0.272 e. The first kappa shape index (κ1) is 33.2. The molecule has 5 aromatic rings. The number of thioether (sulfide) groups is 1. The molecular weight excluding hydrogens is 625 g/mol. The number of methoxy groups -OCH3 is 1. The topological polar surface area (TPSA) is 140 Å². The van der Waals surface area contributed by atoms with Gasteiger partial charge in [-0.1, -0.05) is 72.8 Å². The zero-order valence-electron chi connectivity index (χ0n) is 25.9. The molecule has 240 valence electrons. The minimum absolute atomic E-state index is 0.00954. The van der Waals surface area contributed by atoms with Crippen molar-refractivity contribution in [3.63, 3.8) is 0 Å². The summed E-state index contributed by atoms with van der Waals surface area (Å²) in [6, 6.07) is 38.5. The van der Waals surface area contributed by atoms with Gasteiger partial charge in [0.1, 0.15) is 16.7 Å². The lowest BCUT2D eigenvalue weighted by Gasteiger charge is -2.18. The Morgan fingerprint density at radius 2 is 1.38 bits per heavy atom. The van der Waals surface area contributed by atoms with Gasteiger partial charge in [0.15, 0.2) is 0 Å². The van der Waals surface area contributed by atoms with Crippen molar-refractivity contribution >= 4 is 52.8 Å². The van der Waals surface area contributed by atoms with Gasteiger partial charge in [-0.25, -0.2) is 0 Å². The smallest absolute Gasteiger partial charge is 0.272 e. The highest BCUT2D eigenvalue weighted by Gasteiger charge is 2.23. The molecule has 48 heavy (non-hydrogen) atoms. The number of nitrogens with two attached hydrogens (primary N) is 1. The van der Waals surface area contributed by atoms with Gasteiger partial charge < -0.3 is 26.4 Å². The van der Waals surface area contributed by atoms with Crippen LogP contribution in [-0.2, 0) is 9.59 Å². The van der Waals surface area contributed by atoms with Crippen LogP contribution in [0.3, 0.4) is 0 Å². The highest BCUT2D eigenvalue weighted by atomic mass is 32.2. The van der Waals surface area contributed by atoms with Crippen LogP contribution in [0.1, 0.15) is 37.1 Å². The first-order chi connectivity index (χ1) is 23.3. The van der Waals surface area contributed by atoms with Crippen molar-refractivity contribution in [2.75, 3.05) is 17.7 Å². The number of nitrogens with one attached hydrogen (secondary N) is 3. The molecular formula is C38H32N4O5S. The monoisotopic (exact) mass is 656 g/mol. The van der Waals surface area contributed by atoms with E-state index in [0.717, 1.165) is 5.56 Å². The van der Waals surface area contributed by atoms with Crippen molar-refractivity contribution in [2.45, 2.75) is 10.1 Å². The number of amides is 4. The molecule has 1 unspecified atom stereocenters. The summed E-state index contributed by atoms with van der Waals surface area (Å²) in [5.74, 6) is -1.30. The number of carbonyl (C=O) groups excluding carboxylic acids is 4. The minimum atomic E-state index is -0.654. The van der Waals surface area contributed by atoms with Gasteiger partial charge >= 0.3 is 0 Å². The third kappa shape index (κ3) is 8.77. The van der Waals surface area contributed by atoms with Gasteiger partial charge in [-0.05, 0) is 72.3 Å². The fourth-order valence-corrected chi connectivity index (χ4v) is 5.78. The summed E-state index contributed by atoms with van der Waals surface area (Å²) in [4.78, 5) is 52.5. The SMILES string of the molecule is COc1ccccc1/C=C(/NC(=O)c1ccccc1)C(=O)Nc1cccc(SC(C(=O)Nc2ccc(C(N)=O)cc2)c2ccccc2)c1. The van der Waals surface area contributed by atoms with Gasteiger partial charge in [-0.3, -0.25) is 19.2 Å². The number of hydrogen-bond donors (Lipinski definition) is 4. The van der Waals surface area contributed by atoms with E-state index in [1.165, 1.54) is 18.9 Å². The summed E-state index contributed by atoms with van der Waals surface area (Å²) in [7, 11) is 1.53. The molecule has 0 spiro atoms. The number of anilines is 2. The van der Waals surface area contributed by atoms with E-state index in [-0.39, 0.29) is 11.6 Å². The molecule has 0 radical (unpaired) electrons. The molecule has 0 saturated heterocycles. The molecule has 0 aliphatic carbocycles. The van der Waals surface area contributed by atoms with E-state index < -0.39 is 23.0 Å². The van der Waals surface area contributed by atoms with E-state index >= 15 is 0 Å². The minimum Gasteiger partial charge on any atom is -0.496 e. The Bertz CT molecular complexity index is 1950. The van der Waals surface area contributed by atoms with Gasteiger partial charge in [0.05, 0.1) is 7.11 Å². The zero-order valence-corrected chi connectivity index (χ0v) is 26.7. The van der Waals surface area contributed by atoms with Crippen molar-refractivity contribution in [3.8, 4) is 5.75 Å². The second kappa shape index (κ2) is 15.9. The number of para-hydroxylation sites is 1. The predicted molar refractivity (Wildman–Crippen MR) is 189 cm³/mol. The van der Waals surface area contributed by atoms with Crippen LogP contribution < -0.4 is 26.4 Å². The first-order valence-corrected chi connectivity index (χ1v) is 15.7. The van der Waals surface area contributed by atoms with Crippen molar-refractivity contribution in [2.24, 2.45) is 5.73 Å². The molecule has 5 N–H and O–H groups in total. The lowest BCUT2D eigenvalue weighted by atomic mass is 10.1. The summed E-state index contributed by atoms with van der Waals surface area (Å²) in [5.41, 5.74) is 8.42. The second-order valence-electron chi connectivity index (χ2n) is 10.4. The summed E-state index contributed by atoms with van der Waals surface area (Å²) >= 11 is 1.30. The molecule has 5 rings (SSSR count). The van der Waals surface area contributed by atoms with Crippen LogP contribution in [-0.4, -0.2) is 30.7 Å². The molecule has 9 nitrogen and oxygen atoms in total. The van der Waals surface area contributed by atoms with E-state index in [0.29, 0.717) is 38.7 Å². The number of primary amides is 1. The van der Waals surface area contributed by atoms with Crippen LogP contribution in [0.25, 0.3) is 6.08 Å². The molecule has 0 bridgehead atoms. The normalized spacial score (nSPS) is 11.6. The largest absolute Gasteiger partial charge is 0.496 e. The Balaban J connectivity index is 1.38. The van der Waals surface area contributed by atoms with Crippen LogP contribution in [0.4, 0.5) is 11.4 Å². The maximum atomic E-state index is 13.7. The summed E-state index contributed by atoms with van der Waals surface area (Å²) < 4.78 is 5.45. The number of hydrogen-bond acceptors (Lipinski definition) is 6. The third-order valence-corrected chi connectivity index (χ3v) is 8.34. The molecule has 5 aromatic carbocycles. The standard InChI is InChI=1S/C38H32N4O5S/c1-47-33-18-9-8-15-28(33)23-32(42-36(44)27-13-6-3-7-14-27)37(45)41-30-16-10-17-31(24-30)48-34(25-11-4-2-5-12-25)38(46)40-29-21-19-26(20-22-29)35(39)43/h2-24,34H,1H3,(H2,39,43)(H,40,46)(H,41,45)(H,42,44)/b32-23+. The number of rotatable bonds is 12. The van der Waals surface area contributed by atoms with E-state index in [2.05, 4.69) is 16.0 Å². The Kier molecular flexibility index (Phi) is 11.0. The van der Waals surface area contributed by atoms with Crippen LogP contribution in [0.5, 0.6) is 5.75 Å². The Hall–Kier alpha value is -6.13. The molecule has 0 aliphatic heterocycles. The van der Waals surface area contributed by atoms with Crippen LogP contribution in [0.15, 0.2) is 144 Å². The number of benzene rings is 5. The second-order valence-corrected chi connectivity index (χ2v) is 11.6. The van der Waals surface area contributed by atoms with E-state index in [1.807, 2.05) is 42.5 Å². The van der Waals surface area contributed by atoms with E-state index in [4.69, 9.17) is 10.5 Å². The van der Waals surface area contributed by atoms with Gasteiger partial charge in [-0.15, -0.1) is 11.8 Å². The van der Waals surface area contributed by atoms with Gasteiger partial charge in [0.25, 0.3) is 11.8 Å². The fourth-order valence-electron chi connectivity index (χ4n) is 4.69. The van der Waals surface area contributed by atoms with Crippen molar-refractivity contribution in [1.82, 2.24) is 5.32 Å². The molecule has 10 heteroatoms. The fraction of sp³-hybridized carbons (Fsp3) is 0.0526.